The third kappa shape index (κ3) is 4.71. The van der Waals surface area contributed by atoms with Crippen molar-refractivity contribution in [2.45, 2.75) is 26.4 Å². The van der Waals surface area contributed by atoms with E-state index in [0.717, 1.165) is 12.0 Å². The van der Waals surface area contributed by atoms with Gasteiger partial charge in [0.2, 0.25) is 0 Å². The van der Waals surface area contributed by atoms with Crippen molar-refractivity contribution >= 4 is 17.4 Å². The van der Waals surface area contributed by atoms with Crippen LogP contribution in [0.1, 0.15) is 17.8 Å². The van der Waals surface area contributed by atoms with E-state index >= 15 is 0 Å². The molecule has 2 heterocycles. The molecule has 0 spiro atoms. The van der Waals surface area contributed by atoms with Gasteiger partial charge in [-0.05, 0) is 32.7 Å². The van der Waals surface area contributed by atoms with Crippen LogP contribution in [0.4, 0.5) is 19.0 Å². The fourth-order valence-corrected chi connectivity index (χ4v) is 2.70. The van der Waals surface area contributed by atoms with E-state index in [1.54, 1.807) is 6.92 Å². The Morgan fingerprint density at radius 3 is 2.71 bits per heavy atom. The van der Waals surface area contributed by atoms with Crippen LogP contribution in [0, 0.1) is 19.8 Å². The minimum Gasteiger partial charge on any atom is -0.369 e. The third-order valence-corrected chi connectivity index (χ3v) is 3.90. The normalized spacial score (nSPS) is 20.0. The average molecular weight is 323 g/mol. The summed E-state index contributed by atoms with van der Waals surface area (Å²) < 4.78 is 37.0. The van der Waals surface area contributed by atoms with Crippen molar-refractivity contribution in [1.82, 2.24) is 14.9 Å². The summed E-state index contributed by atoms with van der Waals surface area (Å²) in [6, 6.07) is 0. The lowest BCUT2D eigenvalue weighted by Crippen LogP contribution is -2.33. The highest BCUT2D eigenvalue weighted by molar-refractivity contribution is 6.30. The first-order valence-electron chi connectivity index (χ1n) is 6.78. The molecule has 8 heteroatoms. The first-order valence-corrected chi connectivity index (χ1v) is 7.16. The van der Waals surface area contributed by atoms with Crippen LogP contribution >= 0.6 is 11.6 Å². The second-order valence-corrected chi connectivity index (χ2v) is 5.78. The van der Waals surface area contributed by atoms with Gasteiger partial charge in [0.05, 0.1) is 6.54 Å². The largest absolute Gasteiger partial charge is 0.401 e. The van der Waals surface area contributed by atoms with Gasteiger partial charge in [-0.25, -0.2) is 9.97 Å². The monoisotopic (exact) mass is 322 g/mol. The highest BCUT2D eigenvalue weighted by atomic mass is 35.5. The van der Waals surface area contributed by atoms with Gasteiger partial charge >= 0.3 is 6.18 Å². The van der Waals surface area contributed by atoms with Gasteiger partial charge in [0.1, 0.15) is 16.8 Å². The lowest BCUT2D eigenvalue weighted by atomic mass is 10.1. The van der Waals surface area contributed by atoms with Crippen LogP contribution in [0.25, 0.3) is 0 Å². The van der Waals surface area contributed by atoms with E-state index in [1.807, 2.05) is 6.92 Å². The summed E-state index contributed by atoms with van der Waals surface area (Å²) in [7, 11) is 0. The molecule has 0 radical (unpaired) electrons. The Morgan fingerprint density at radius 1 is 1.33 bits per heavy atom. The maximum Gasteiger partial charge on any atom is 0.401 e. The highest BCUT2D eigenvalue weighted by Gasteiger charge is 2.34. The van der Waals surface area contributed by atoms with Crippen molar-refractivity contribution in [1.29, 1.82) is 0 Å². The fourth-order valence-electron chi connectivity index (χ4n) is 2.48. The smallest absolute Gasteiger partial charge is 0.369 e. The van der Waals surface area contributed by atoms with E-state index in [2.05, 4.69) is 15.3 Å². The van der Waals surface area contributed by atoms with Crippen LogP contribution in [0.5, 0.6) is 0 Å². The molecule has 2 rings (SSSR count). The molecular formula is C13H18ClF3N4. The number of nitrogens with one attached hydrogen (secondary N) is 1. The molecule has 0 amide bonds. The van der Waals surface area contributed by atoms with Crippen molar-refractivity contribution in [3.05, 3.63) is 16.5 Å². The minimum absolute atomic E-state index is 0.181. The van der Waals surface area contributed by atoms with Gasteiger partial charge in [-0.2, -0.15) is 13.2 Å². The Hall–Kier alpha value is -1.08. The van der Waals surface area contributed by atoms with E-state index in [9.17, 15) is 13.2 Å². The van der Waals surface area contributed by atoms with Crippen LogP contribution in [0.3, 0.4) is 0 Å². The number of halogens is 4. The number of anilines is 1. The zero-order chi connectivity index (χ0) is 15.6. The Kier molecular flexibility index (Phi) is 4.93. The van der Waals surface area contributed by atoms with Crippen LogP contribution < -0.4 is 5.32 Å². The molecule has 1 aliphatic rings. The van der Waals surface area contributed by atoms with E-state index in [-0.39, 0.29) is 5.92 Å². The number of alkyl halides is 3. The van der Waals surface area contributed by atoms with Crippen molar-refractivity contribution < 1.29 is 13.2 Å². The summed E-state index contributed by atoms with van der Waals surface area (Å²) in [5.41, 5.74) is 0.757. The first kappa shape index (κ1) is 16.3. The Balaban J connectivity index is 1.88. The lowest BCUT2D eigenvalue weighted by molar-refractivity contribution is -0.143. The predicted molar refractivity (Wildman–Crippen MR) is 75.6 cm³/mol. The second kappa shape index (κ2) is 6.36. The number of aryl methyl sites for hydroxylation is 1. The summed E-state index contributed by atoms with van der Waals surface area (Å²) in [6.07, 6.45) is -3.38. The van der Waals surface area contributed by atoms with E-state index < -0.39 is 12.7 Å². The summed E-state index contributed by atoms with van der Waals surface area (Å²) in [5, 5.41) is 3.57. The molecule has 1 fully saturated rings. The number of hydrogen-bond acceptors (Lipinski definition) is 4. The van der Waals surface area contributed by atoms with Crippen LogP contribution in [0.2, 0.25) is 5.15 Å². The molecular weight excluding hydrogens is 305 g/mol. The molecule has 0 saturated carbocycles. The molecule has 0 aliphatic carbocycles. The molecule has 118 valence electrons. The molecule has 1 N–H and O–H groups in total. The first-order chi connectivity index (χ1) is 9.74. The number of rotatable bonds is 4. The number of aromatic nitrogens is 2. The molecule has 0 aromatic carbocycles. The van der Waals surface area contributed by atoms with Crippen molar-refractivity contribution in [2.75, 3.05) is 31.5 Å². The molecule has 21 heavy (non-hydrogen) atoms. The second-order valence-electron chi connectivity index (χ2n) is 5.42. The highest BCUT2D eigenvalue weighted by Crippen LogP contribution is 2.24. The van der Waals surface area contributed by atoms with Gasteiger partial charge < -0.3 is 5.32 Å². The molecule has 1 aromatic heterocycles. The summed E-state index contributed by atoms with van der Waals surface area (Å²) in [4.78, 5) is 9.76. The van der Waals surface area contributed by atoms with Crippen LogP contribution in [0.15, 0.2) is 0 Å². The Labute approximate surface area is 126 Å². The van der Waals surface area contributed by atoms with Crippen LogP contribution in [-0.2, 0) is 0 Å². The molecule has 4 nitrogen and oxygen atoms in total. The zero-order valence-electron chi connectivity index (χ0n) is 12.0. The van der Waals surface area contributed by atoms with E-state index in [0.29, 0.717) is 36.4 Å². The Bertz CT molecular complexity index is 507. The molecule has 1 aliphatic heterocycles. The molecule has 1 unspecified atom stereocenters. The molecule has 0 bridgehead atoms. The molecule has 1 aromatic rings. The van der Waals surface area contributed by atoms with E-state index in [1.165, 1.54) is 4.90 Å². The number of hydrogen-bond donors (Lipinski definition) is 1. The summed E-state index contributed by atoms with van der Waals surface area (Å²) in [6.45, 7) is 4.24. The number of nitrogens with zero attached hydrogens (tertiary/aromatic N) is 3. The predicted octanol–water partition coefficient (Wildman–Crippen LogP) is 3.04. The van der Waals surface area contributed by atoms with Crippen LogP contribution in [-0.4, -0.2) is 47.2 Å². The Morgan fingerprint density at radius 2 is 2.05 bits per heavy atom. The van der Waals surface area contributed by atoms with Crippen molar-refractivity contribution in [3.63, 3.8) is 0 Å². The van der Waals surface area contributed by atoms with E-state index in [4.69, 9.17) is 11.6 Å². The van der Waals surface area contributed by atoms with Crippen molar-refractivity contribution in [2.24, 2.45) is 5.92 Å². The van der Waals surface area contributed by atoms with Gasteiger partial charge in [0, 0.05) is 18.7 Å². The average Bonchev–Trinajstić information content (AvgIpc) is 2.77. The number of likely N-dealkylation sites (tertiary alicyclic amines) is 1. The quantitative estimate of drug-likeness (QED) is 0.865. The molecule has 1 saturated heterocycles. The lowest BCUT2D eigenvalue weighted by Gasteiger charge is -2.18. The molecule has 1 atom stereocenters. The SMILES string of the molecule is Cc1nc(Cl)c(C)c(NCC2CCN(CC(F)(F)F)C2)n1. The maximum absolute atomic E-state index is 12.3. The summed E-state index contributed by atoms with van der Waals surface area (Å²) >= 11 is 5.99. The minimum atomic E-state index is -4.13. The van der Waals surface area contributed by atoms with Gasteiger partial charge in [-0.15, -0.1) is 0 Å². The zero-order valence-corrected chi connectivity index (χ0v) is 12.7. The fraction of sp³-hybridized carbons (Fsp3) is 0.692. The topological polar surface area (TPSA) is 41.1 Å². The van der Waals surface area contributed by atoms with Gasteiger partial charge in [-0.3, -0.25) is 4.90 Å². The van der Waals surface area contributed by atoms with Gasteiger partial charge in [0.15, 0.2) is 0 Å². The standard InChI is InChI=1S/C13H18ClF3N4/c1-8-11(14)19-9(2)20-12(8)18-5-10-3-4-21(6-10)7-13(15,16)17/h10H,3-7H2,1-2H3,(H,18,19,20). The van der Waals surface area contributed by atoms with Gasteiger partial charge in [-0.1, -0.05) is 11.6 Å². The maximum atomic E-state index is 12.3. The van der Waals surface area contributed by atoms with Crippen molar-refractivity contribution in [3.8, 4) is 0 Å². The summed E-state index contributed by atoms with van der Waals surface area (Å²) in [5.74, 6) is 1.40. The third-order valence-electron chi connectivity index (χ3n) is 3.53. The van der Waals surface area contributed by atoms with Gasteiger partial charge in [0.25, 0.3) is 0 Å².